The van der Waals surface area contributed by atoms with Crippen molar-refractivity contribution >= 4 is 0 Å². The Balaban J connectivity index is 2.18. The summed E-state index contributed by atoms with van der Waals surface area (Å²) in [4.78, 5) is 0. The molecule has 2 atom stereocenters. The quantitative estimate of drug-likeness (QED) is 0.836. The molecule has 1 aliphatic heterocycles. The first-order valence-electron chi connectivity index (χ1n) is 5.54. The van der Waals surface area contributed by atoms with Crippen molar-refractivity contribution in [2.75, 3.05) is 13.2 Å². The molecule has 0 unspecified atom stereocenters. The molecule has 2 nitrogen and oxygen atoms in total. The first-order valence-corrected chi connectivity index (χ1v) is 5.54. The minimum absolute atomic E-state index is 0.00564. The zero-order valence-electron chi connectivity index (χ0n) is 9.17. The van der Waals surface area contributed by atoms with Crippen molar-refractivity contribution in [1.82, 2.24) is 5.32 Å². The molecule has 1 heterocycles. The van der Waals surface area contributed by atoms with Crippen LogP contribution in [0.5, 0.6) is 0 Å². The Morgan fingerprint density at radius 1 is 1.24 bits per heavy atom. The summed E-state index contributed by atoms with van der Waals surface area (Å²) in [6, 6.07) is 5.16. The SMILES string of the molecule is OC[C@H]1NCC[C@H]1c1ccc(C(F)(F)F)cc1. The van der Waals surface area contributed by atoms with E-state index in [1.807, 2.05) is 0 Å². The first-order chi connectivity index (χ1) is 8.02. The minimum Gasteiger partial charge on any atom is -0.395 e. The van der Waals surface area contributed by atoms with E-state index >= 15 is 0 Å². The van der Waals surface area contributed by atoms with Gasteiger partial charge in [-0.15, -0.1) is 0 Å². The van der Waals surface area contributed by atoms with Gasteiger partial charge in [0.2, 0.25) is 0 Å². The molecule has 0 aliphatic carbocycles. The fourth-order valence-corrected chi connectivity index (χ4v) is 2.28. The molecule has 0 aromatic heterocycles. The lowest BCUT2D eigenvalue weighted by Gasteiger charge is -2.18. The van der Waals surface area contributed by atoms with Crippen molar-refractivity contribution in [3.8, 4) is 0 Å². The summed E-state index contributed by atoms with van der Waals surface area (Å²) in [6.45, 7) is 0.794. The molecule has 17 heavy (non-hydrogen) atoms. The Morgan fingerprint density at radius 3 is 2.41 bits per heavy atom. The molecule has 0 radical (unpaired) electrons. The van der Waals surface area contributed by atoms with E-state index in [1.54, 1.807) is 0 Å². The molecule has 2 N–H and O–H groups in total. The van der Waals surface area contributed by atoms with Crippen LogP contribution >= 0.6 is 0 Å². The monoisotopic (exact) mass is 245 g/mol. The van der Waals surface area contributed by atoms with Gasteiger partial charge < -0.3 is 10.4 Å². The third-order valence-electron chi connectivity index (χ3n) is 3.21. The van der Waals surface area contributed by atoms with E-state index in [2.05, 4.69) is 5.32 Å². The number of halogens is 3. The highest BCUT2D eigenvalue weighted by Crippen LogP contribution is 2.32. The smallest absolute Gasteiger partial charge is 0.395 e. The second-order valence-electron chi connectivity index (χ2n) is 4.26. The van der Waals surface area contributed by atoms with Crippen LogP contribution < -0.4 is 5.32 Å². The van der Waals surface area contributed by atoms with Gasteiger partial charge in [0.25, 0.3) is 0 Å². The summed E-state index contributed by atoms with van der Waals surface area (Å²) in [5.41, 5.74) is 0.217. The summed E-state index contributed by atoms with van der Waals surface area (Å²) in [7, 11) is 0. The third kappa shape index (κ3) is 2.61. The predicted molar refractivity (Wildman–Crippen MR) is 57.7 cm³/mol. The number of aliphatic hydroxyl groups is 1. The Hall–Kier alpha value is -1.07. The van der Waals surface area contributed by atoms with Crippen LogP contribution in [0.3, 0.4) is 0 Å². The van der Waals surface area contributed by atoms with E-state index in [9.17, 15) is 13.2 Å². The molecule has 1 saturated heterocycles. The topological polar surface area (TPSA) is 32.3 Å². The Labute approximate surface area is 97.5 Å². The van der Waals surface area contributed by atoms with Gasteiger partial charge in [0, 0.05) is 12.0 Å². The van der Waals surface area contributed by atoms with Gasteiger partial charge in [-0.05, 0) is 30.7 Å². The van der Waals surface area contributed by atoms with E-state index < -0.39 is 11.7 Å². The lowest BCUT2D eigenvalue weighted by Crippen LogP contribution is -2.29. The lowest BCUT2D eigenvalue weighted by molar-refractivity contribution is -0.137. The normalized spacial score (nSPS) is 25.2. The van der Waals surface area contributed by atoms with Crippen LogP contribution in [0.15, 0.2) is 24.3 Å². The molecule has 0 bridgehead atoms. The van der Waals surface area contributed by atoms with Gasteiger partial charge in [0.1, 0.15) is 0 Å². The Morgan fingerprint density at radius 2 is 1.88 bits per heavy atom. The number of alkyl halides is 3. The fourth-order valence-electron chi connectivity index (χ4n) is 2.28. The zero-order valence-corrected chi connectivity index (χ0v) is 9.17. The summed E-state index contributed by atoms with van der Waals surface area (Å²) in [5, 5.41) is 12.3. The van der Waals surface area contributed by atoms with Crippen LogP contribution in [0.25, 0.3) is 0 Å². The van der Waals surface area contributed by atoms with E-state index in [4.69, 9.17) is 5.11 Å². The molecule has 1 aliphatic rings. The average Bonchev–Trinajstić information content (AvgIpc) is 2.76. The predicted octanol–water partition coefficient (Wildman–Crippen LogP) is 2.14. The highest BCUT2D eigenvalue weighted by molar-refractivity contribution is 5.29. The van der Waals surface area contributed by atoms with Gasteiger partial charge >= 0.3 is 6.18 Å². The summed E-state index contributed by atoms with van der Waals surface area (Å²) < 4.78 is 37.2. The molecule has 94 valence electrons. The lowest BCUT2D eigenvalue weighted by atomic mass is 9.91. The molecule has 0 saturated carbocycles. The Kier molecular flexibility index (Phi) is 3.40. The molecule has 0 amide bonds. The van der Waals surface area contributed by atoms with Crippen LogP contribution in [0.2, 0.25) is 0 Å². The number of benzene rings is 1. The van der Waals surface area contributed by atoms with Gasteiger partial charge in [0.05, 0.1) is 12.2 Å². The number of rotatable bonds is 2. The van der Waals surface area contributed by atoms with Gasteiger partial charge in [-0.25, -0.2) is 0 Å². The average molecular weight is 245 g/mol. The maximum absolute atomic E-state index is 12.4. The van der Waals surface area contributed by atoms with Crippen molar-refractivity contribution in [2.45, 2.75) is 24.6 Å². The number of hydrogen-bond acceptors (Lipinski definition) is 2. The molecule has 0 spiro atoms. The third-order valence-corrected chi connectivity index (χ3v) is 3.21. The molecule has 1 aromatic carbocycles. The van der Waals surface area contributed by atoms with E-state index in [0.29, 0.717) is 0 Å². The van der Waals surface area contributed by atoms with Crippen LogP contribution in [0.4, 0.5) is 13.2 Å². The summed E-state index contributed by atoms with van der Waals surface area (Å²) in [6.07, 6.45) is -3.45. The number of nitrogens with one attached hydrogen (secondary N) is 1. The minimum atomic E-state index is -4.29. The second kappa shape index (κ2) is 4.66. The maximum atomic E-state index is 12.4. The molecule has 2 rings (SSSR count). The first kappa shape index (κ1) is 12.4. The Bertz CT molecular complexity index is 374. The van der Waals surface area contributed by atoms with E-state index in [-0.39, 0.29) is 18.6 Å². The highest BCUT2D eigenvalue weighted by atomic mass is 19.4. The molecule has 5 heteroatoms. The van der Waals surface area contributed by atoms with Crippen LogP contribution in [0, 0.1) is 0 Å². The van der Waals surface area contributed by atoms with Crippen molar-refractivity contribution in [1.29, 1.82) is 0 Å². The van der Waals surface area contributed by atoms with Gasteiger partial charge in [-0.1, -0.05) is 12.1 Å². The summed E-state index contributed by atoms with van der Waals surface area (Å²) in [5.74, 6) is 0.0993. The molecular weight excluding hydrogens is 231 g/mol. The van der Waals surface area contributed by atoms with Gasteiger partial charge in [0.15, 0.2) is 0 Å². The highest BCUT2D eigenvalue weighted by Gasteiger charge is 2.31. The maximum Gasteiger partial charge on any atom is 0.416 e. The molecule has 1 fully saturated rings. The van der Waals surface area contributed by atoms with Crippen molar-refractivity contribution in [3.05, 3.63) is 35.4 Å². The van der Waals surface area contributed by atoms with E-state index in [0.717, 1.165) is 30.7 Å². The molecular formula is C12H14F3NO. The van der Waals surface area contributed by atoms with Gasteiger partial charge in [-0.2, -0.15) is 13.2 Å². The molecule has 1 aromatic rings. The standard InChI is InChI=1S/C12H14F3NO/c13-12(14,15)9-3-1-8(2-4-9)10-5-6-16-11(10)7-17/h1-4,10-11,16-17H,5-7H2/t10-,11+/m0/s1. The van der Waals surface area contributed by atoms with Crippen molar-refractivity contribution < 1.29 is 18.3 Å². The van der Waals surface area contributed by atoms with Gasteiger partial charge in [-0.3, -0.25) is 0 Å². The number of hydrogen-bond donors (Lipinski definition) is 2. The second-order valence-corrected chi connectivity index (χ2v) is 4.26. The number of aliphatic hydroxyl groups excluding tert-OH is 1. The van der Waals surface area contributed by atoms with Crippen molar-refractivity contribution in [2.24, 2.45) is 0 Å². The van der Waals surface area contributed by atoms with E-state index in [1.165, 1.54) is 12.1 Å². The summed E-state index contributed by atoms with van der Waals surface area (Å²) >= 11 is 0. The van der Waals surface area contributed by atoms with Crippen LogP contribution in [-0.2, 0) is 6.18 Å². The zero-order chi connectivity index (χ0) is 12.5. The van der Waals surface area contributed by atoms with Crippen LogP contribution in [-0.4, -0.2) is 24.3 Å². The van der Waals surface area contributed by atoms with Crippen LogP contribution in [0.1, 0.15) is 23.5 Å². The fraction of sp³-hybridized carbons (Fsp3) is 0.500. The largest absolute Gasteiger partial charge is 0.416 e. The van der Waals surface area contributed by atoms with Crippen molar-refractivity contribution in [3.63, 3.8) is 0 Å².